The van der Waals surface area contributed by atoms with E-state index in [0.717, 1.165) is 5.56 Å². The second-order valence-corrected chi connectivity index (χ2v) is 4.76. The van der Waals surface area contributed by atoms with Gasteiger partial charge in [0.2, 0.25) is 0 Å². The van der Waals surface area contributed by atoms with Crippen LogP contribution in [-0.4, -0.2) is 26.0 Å². The van der Waals surface area contributed by atoms with E-state index in [2.05, 4.69) is 10.9 Å². The minimum Gasteiger partial charge on any atom is -0.493 e. The topological polar surface area (TPSA) is 76.7 Å². The van der Waals surface area contributed by atoms with Crippen LogP contribution in [0.3, 0.4) is 0 Å². The molecule has 0 aliphatic heterocycles. The zero-order valence-corrected chi connectivity index (χ0v) is 13.4. The highest BCUT2D eigenvalue weighted by Crippen LogP contribution is 2.27. The number of benzene rings is 2. The summed E-state index contributed by atoms with van der Waals surface area (Å²) in [7, 11) is 3.09. The van der Waals surface area contributed by atoms with Gasteiger partial charge in [0, 0.05) is 11.6 Å². The Labute approximate surface area is 140 Å². The van der Waals surface area contributed by atoms with E-state index in [1.165, 1.54) is 13.2 Å². The van der Waals surface area contributed by atoms with Gasteiger partial charge in [0.15, 0.2) is 11.5 Å². The van der Waals surface area contributed by atoms with Crippen LogP contribution < -0.4 is 20.3 Å². The minimum atomic E-state index is -0.450. The van der Waals surface area contributed by atoms with Crippen molar-refractivity contribution in [3.05, 3.63) is 65.7 Å². The predicted octanol–water partition coefficient (Wildman–Crippen LogP) is 2.18. The molecule has 2 aromatic carbocycles. The minimum absolute atomic E-state index is 0.386. The third-order valence-corrected chi connectivity index (χ3v) is 3.17. The SMILES string of the molecule is COc1ccc(/C=C/C(=O)NNC(=O)c2ccccc2)cc1OC. The highest BCUT2D eigenvalue weighted by molar-refractivity contribution is 5.97. The van der Waals surface area contributed by atoms with E-state index in [-0.39, 0.29) is 5.91 Å². The summed E-state index contributed by atoms with van der Waals surface area (Å²) in [6, 6.07) is 13.9. The van der Waals surface area contributed by atoms with Gasteiger partial charge in [-0.15, -0.1) is 0 Å². The molecule has 0 aliphatic rings. The Morgan fingerprint density at radius 3 is 2.29 bits per heavy atom. The van der Waals surface area contributed by atoms with Gasteiger partial charge in [-0.3, -0.25) is 20.4 Å². The third-order valence-electron chi connectivity index (χ3n) is 3.17. The van der Waals surface area contributed by atoms with E-state index >= 15 is 0 Å². The summed E-state index contributed by atoms with van der Waals surface area (Å²) < 4.78 is 10.3. The lowest BCUT2D eigenvalue weighted by atomic mass is 10.2. The van der Waals surface area contributed by atoms with E-state index in [1.807, 2.05) is 0 Å². The number of carbonyl (C=O) groups is 2. The smallest absolute Gasteiger partial charge is 0.269 e. The summed E-state index contributed by atoms with van der Waals surface area (Å²) in [5.74, 6) is 0.337. The van der Waals surface area contributed by atoms with Gasteiger partial charge in [-0.25, -0.2) is 0 Å². The Morgan fingerprint density at radius 1 is 0.917 bits per heavy atom. The molecule has 0 spiro atoms. The standard InChI is InChI=1S/C18H18N2O4/c1-23-15-10-8-13(12-16(15)24-2)9-11-17(21)19-20-18(22)14-6-4-3-5-7-14/h3-12H,1-2H3,(H,19,21)(H,20,22)/b11-9+. The van der Waals surface area contributed by atoms with Gasteiger partial charge < -0.3 is 9.47 Å². The number of hydrogen-bond donors (Lipinski definition) is 2. The van der Waals surface area contributed by atoms with Crippen LogP contribution in [0, 0.1) is 0 Å². The monoisotopic (exact) mass is 326 g/mol. The molecule has 24 heavy (non-hydrogen) atoms. The van der Waals surface area contributed by atoms with Crippen molar-refractivity contribution in [2.75, 3.05) is 14.2 Å². The normalized spacial score (nSPS) is 10.2. The molecule has 0 saturated heterocycles. The highest BCUT2D eigenvalue weighted by Gasteiger charge is 2.05. The van der Waals surface area contributed by atoms with Crippen LogP contribution >= 0.6 is 0 Å². The number of rotatable bonds is 5. The van der Waals surface area contributed by atoms with E-state index in [9.17, 15) is 9.59 Å². The number of amides is 2. The summed E-state index contributed by atoms with van der Waals surface area (Å²) in [6.45, 7) is 0. The molecule has 0 saturated carbocycles. The van der Waals surface area contributed by atoms with Gasteiger partial charge in [0.05, 0.1) is 14.2 Å². The average Bonchev–Trinajstić information content (AvgIpc) is 2.64. The first-order chi connectivity index (χ1) is 11.6. The second-order valence-electron chi connectivity index (χ2n) is 4.76. The lowest BCUT2D eigenvalue weighted by Crippen LogP contribution is -2.40. The molecule has 0 aliphatic carbocycles. The van der Waals surface area contributed by atoms with Crippen LogP contribution in [0.2, 0.25) is 0 Å². The van der Waals surface area contributed by atoms with Gasteiger partial charge in [-0.2, -0.15) is 0 Å². The maximum atomic E-state index is 11.8. The van der Waals surface area contributed by atoms with Crippen molar-refractivity contribution in [2.45, 2.75) is 0 Å². The molecule has 6 nitrogen and oxygen atoms in total. The maximum absolute atomic E-state index is 11.8. The Morgan fingerprint density at radius 2 is 1.62 bits per heavy atom. The number of ether oxygens (including phenoxy) is 2. The first-order valence-electron chi connectivity index (χ1n) is 7.19. The van der Waals surface area contributed by atoms with Crippen molar-refractivity contribution in [3.8, 4) is 11.5 Å². The van der Waals surface area contributed by atoms with E-state index < -0.39 is 5.91 Å². The highest BCUT2D eigenvalue weighted by atomic mass is 16.5. The first kappa shape index (κ1) is 17.1. The largest absolute Gasteiger partial charge is 0.493 e. The first-order valence-corrected chi connectivity index (χ1v) is 7.19. The molecular weight excluding hydrogens is 308 g/mol. The van der Waals surface area contributed by atoms with Crippen LogP contribution in [0.25, 0.3) is 6.08 Å². The summed E-state index contributed by atoms with van der Waals surface area (Å²) >= 11 is 0. The molecule has 2 N–H and O–H groups in total. The quantitative estimate of drug-likeness (QED) is 0.652. The van der Waals surface area contributed by atoms with E-state index in [1.54, 1.807) is 61.7 Å². The van der Waals surface area contributed by atoms with Crippen LogP contribution in [-0.2, 0) is 4.79 Å². The molecule has 2 amide bonds. The van der Waals surface area contributed by atoms with Crippen LogP contribution in [0.5, 0.6) is 11.5 Å². The Hall–Kier alpha value is -3.28. The van der Waals surface area contributed by atoms with Crippen molar-refractivity contribution in [3.63, 3.8) is 0 Å². The average molecular weight is 326 g/mol. The fraction of sp³-hybridized carbons (Fsp3) is 0.111. The van der Waals surface area contributed by atoms with Crippen molar-refractivity contribution < 1.29 is 19.1 Å². The van der Waals surface area contributed by atoms with Gasteiger partial charge in [-0.1, -0.05) is 24.3 Å². The zero-order chi connectivity index (χ0) is 17.4. The second kappa shape index (κ2) is 8.38. The summed E-state index contributed by atoms with van der Waals surface area (Å²) in [5.41, 5.74) is 5.88. The number of hydrazine groups is 1. The lowest BCUT2D eigenvalue weighted by Gasteiger charge is -2.07. The molecule has 0 radical (unpaired) electrons. The van der Waals surface area contributed by atoms with Crippen molar-refractivity contribution in [1.29, 1.82) is 0 Å². The fourth-order valence-electron chi connectivity index (χ4n) is 1.95. The molecule has 2 aromatic rings. The summed E-state index contributed by atoms with van der Waals surface area (Å²) in [4.78, 5) is 23.6. The Bertz CT molecular complexity index is 742. The van der Waals surface area contributed by atoms with Crippen LogP contribution in [0.1, 0.15) is 15.9 Å². The lowest BCUT2D eigenvalue weighted by molar-refractivity contribution is -0.117. The fourth-order valence-corrected chi connectivity index (χ4v) is 1.95. The van der Waals surface area contributed by atoms with Crippen LogP contribution in [0.15, 0.2) is 54.6 Å². The Kier molecular flexibility index (Phi) is 5.96. The van der Waals surface area contributed by atoms with Gasteiger partial charge in [0.25, 0.3) is 11.8 Å². The number of methoxy groups -OCH3 is 2. The number of carbonyl (C=O) groups excluding carboxylic acids is 2. The van der Waals surface area contributed by atoms with Crippen molar-refractivity contribution in [1.82, 2.24) is 10.9 Å². The number of nitrogens with one attached hydrogen (secondary N) is 2. The third kappa shape index (κ3) is 4.61. The van der Waals surface area contributed by atoms with Gasteiger partial charge >= 0.3 is 0 Å². The Balaban J connectivity index is 1.92. The molecule has 2 rings (SSSR count). The maximum Gasteiger partial charge on any atom is 0.269 e. The molecule has 6 heteroatoms. The molecule has 0 atom stereocenters. The van der Waals surface area contributed by atoms with Gasteiger partial charge in [0.1, 0.15) is 0 Å². The zero-order valence-electron chi connectivity index (χ0n) is 13.4. The predicted molar refractivity (Wildman–Crippen MR) is 90.6 cm³/mol. The molecule has 0 heterocycles. The molecular formula is C18H18N2O4. The van der Waals surface area contributed by atoms with E-state index in [4.69, 9.17) is 9.47 Å². The molecule has 0 bridgehead atoms. The molecule has 0 unspecified atom stereocenters. The van der Waals surface area contributed by atoms with Gasteiger partial charge in [-0.05, 0) is 35.9 Å². The molecule has 0 aromatic heterocycles. The van der Waals surface area contributed by atoms with Crippen molar-refractivity contribution >= 4 is 17.9 Å². The number of hydrogen-bond acceptors (Lipinski definition) is 4. The summed E-state index contributed by atoms with van der Waals surface area (Å²) in [5, 5.41) is 0. The summed E-state index contributed by atoms with van der Waals surface area (Å²) in [6.07, 6.45) is 2.92. The van der Waals surface area contributed by atoms with Crippen molar-refractivity contribution in [2.24, 2.45) is 0 Å². The molecule has 0 fully saturated rings. The van der Waals surface area contributed by atoms with E-state index in [0.29, 0.717) is 17.1 Å². The van der Waals surface area contributed by atoms with Crippen LogP contribution in [0.4, 0.5) is 0 Å². The molecule has 124 valence electrons.